The van der Waals surface area contributed by atoms with Crippen molar-refractivity contribution in [3.05, 3.63) is 0 Å². The molecule has 1 aliphatic heterocycles. The molecule has 1 fully saturated rings. The van der Waals surface area contributed by atoms with E-state index < -0.39 is 0 Å². The van der Waals surface area contributed by atoms with Crippen LogP contribution in [0.2, 0.25) is 0 Å². The SMILES string of the molecule is CCCNC(CC)CCC1CCOC1. The first kappa shape index (κ1) is 12.0. The zero-order valence-electron chi connectivity index (χ0n) is 9.72. The fourth-order valence-corrected chi connectivity index (χ4v) is 2.05. The molecule has 84 valence electrons. The summed E-state index contributed by atoms with van der Waals surface area (Å²) < 4.78 is 5.38. The lowest BCUT2D eigenvalue weighted by Crippen LogP contribution is -2.29. The minimum absolute atomic E-state index is 0.732. The Balaban J connectivity index is 2.06. The second-order valence-corrected chi connectivity index (χ2v) is 4.37. The number of nitrogens with one attached hydrogen (secondary N) is 1. The molecule has 1 aliphatic rings. The summed E-state index contributed by atoms with van der Waals surface area (Å²) >= 11 is 0. The molecule has 14 heavy (non-hydrogen) atoms. The van der Waals surface area contributed by atoms with Crippen molar-refractivity contribution in [2.75, 3.05) is 19.8 Å². The topological polar surface area (TPSA) is 21.3 Å². The first-order valence-electron chi connectivity index (χ1n) is 6.18. The minimum Gasteiger partial charge on any atom is -0.381 e. The molecule has 2 heteroatoms. The Hall–Kier alpha value is -0.0800. The summed E-state index contributed by atoms with van der Waals surface area (Å²) in [5.74, 6) is 0.840. The summed E-state index contributed by atoms with van der Waals surface area (Å²) in [6, 6.07) is 0.732. The zero-order valence-corrected chi connectivity index (χ0v) is 9.72. The molecule has 1 saturated heterocycles. The summed E-state index contributed by atoms with van der Waals surface area (Å²) in [7, 11) is 0. The van der Waals surface area contributed by atoms with Crippen molar-refractivity contribution in [1.82, 2.24) is 5.32 Å². The quantitative estimate of drug-likeness (QED) is 0.680. The summed E-state index contributed by atoms with van der Waals surface area (Å²) in [5.41, 5.74) is 0. The molecule has 1 heterocycles. The van der Waals surface area contributed by atoms with Crippen LogP contribution in [-0.4, -0.2) is 25.8 Å². The van der Waals surface area contributed by atoms with Crippen molar-refractivity contribution in [2.45, 2.75) is 52.0 Å². The molecular formula is C12H25NO. The van der Waals surface area contributed by atoms with Gasteiger partial charge in [0, 0.05) is 19.3 Å². The van der Waals surface area contributed by atoms with E-state index in [0.29, 0.717) is 0 Å². The van der Waals surface area contributed by atoms with E-state index >= 15 is 0 Å². The lowest BCUT2D eigenvalue weighted by atomic mass is 9.98. The van der Waals surface area contributed by atoms with Gasteiger partial charge in [0.2, 0.25) is 0 Å². The number of hydrogen-bond acceptors (Lipinski definition) is 2. The van der Waals surface area contributed by atoms with Crippen molar-refractivity contribution in [3.8, 4) is 0 Å². The molecule has 2 atom stereocenters. The highest BCUT2D eigenvalue weighted by atomic mass is 16.5. The number of hydrogen-bond donors (Lipinski definition) is 1. The van der Waals surface area contributed by atoms with E-state index in [4.69, 9.17) is 4.74 Å². The Morgan fingerprint density at radius 1 is 1.43 bits per heavy atom. The van der Waals surface area contributed by atoms with Gasteiger partial charge in [0.05, 0.1) is 0 Å². The molecule has 2 nitrogen and oxygen atoms in total. The highest BCUT2D eigenvalue weighted by molar-refractivity contribution is 4.70. The van der Waals surface area contributed by atoms with Gasteiger partial charge in [-0.3, -0.25) is 0 Å². The molecule has 0 amide bonds. The minimum atomic E-state index is 0.732. The predicted octanol–water partition coefficient (Wildman–Crippen LogP) is 2.58. The zero-order chi connectivity index (χ0) is 10.2. The normalized spacial score (nSPS) is 24.0. The van der Waals surface area contributed by atoms with Gasteiger partial charge < -0.3 is 10.1 Å². The Morgan fingerprint density at radius 2 is 2.29 bits per heavy atom. The van der Waals surface area contributed by atoms with Crippen molar-refractivity contribution >= 4 is 0 Å². The molecule has 0 aromatic heterocycles. The van der Waals surface area contributed by atoms with Gasteiger partial charge >= 0.3 is 0 Å². The highest BCUT2D eigenvalue weighted by Crippen LogP contribution is 2.19. The fraction of sp³-hybridized carbons (Fsp3) is 1.00. The Morgan fingerprint density at radius 3 is 2.86 bits per heavy atom. The first-order valence-corrected chi connectivity index (χ1v) is 6.18. The molecule has 0 aliphatic carbocycles. The van der Waals surface area contributed by atoms with Gasteiger partial charge in [0.15, 0.2) is 0 Å². The van der Waals surface area contributed by atoms with Crippen LogP contribution in [0.25, 0.3) is 0 Å². The molecule has 0 bridgehead atoms. The van der Waals surface area contributed by atoms with Crippen LogP contribution in [0.5, 0.6) is 0 Å². The summed E-state index contributed by atoms with van der Waals surface area (Å²) in [6.45, 7) is 7.66. The van der Waals surface area contributed by atoms with Crippen LogP contribution in [-0.2, 0) is 4.74 Å². The lowest BCUT2D eigenvalue weighted by Gasteiger charge is -2.18. The molecule has 2 unspecified atom stereocenters. The molecule has 0 aromatic rings. The Kier molecular flexibility index (Phi) is 6.20. The van der Waals surface area contributed by atoms with Crippen LogP contribution in [0, 0.1) is 5.92 Å². The highest BCUT2D eigenvalue weighted by Gasteiger charge is 2.16. The monoisotopic (exact) mass is 199 g/mol. The third-order valence-corrected chi connectivity index (χ3v) is 3.12. The van der Waals surface area contributed by atoms with E-state index in [1.54, 1.807) is 0 Å². The fourth-order valence-electron chi connectivity index (χ4n) is 2.05. The van der Waals surface area contributed by atoms with E-state index in [1.807, 2.05) is 0 Å². The number of rotatable bonds is 7. The van der Waals surface area contributed by atoms with Gasteiger partial charge in [-0.15, -0.1) is 0 Å². The third-order valence-electron chi connectivity index (χ3n) is 3.12. The third kappa shape index (κ3) is 4.43. The number of ether oxygens (including phenoxy) is 1. The second-order valence-electron chi connectivity index (χ2n) is 4.37. The van der Waals surface area contributed by atoms with Crippen LogP contribution < -0.4 is 5.32 Å². The first-order chi connectivity index (χ1) is 6.86. The Labute approximate surface area is 88.4 Å². The van der Waals surface area contributed by atoms with E-state index in [1.165, 1.54) is 38.6 Å². The molecule has 1 N–H and O–H groups in total. The maximum atomic E-state index is 5.38. The lowest BCUT2D eigenvalue weighted by molar-refractivity contribution is 0.183. The molecule has 0 aromatic carbocycles. The smallest absolute Gasteiger partial charge is 0.0495 e. The average Bonchev–Trinajstić information content (AvgIpc) is 2.71. The van der Waals surface area contributed by atoms with E-state index in [0.717, 1.165) is 25.2 Å². The van der Waals surface area contributed by atoms with Crippen LogP contribution in [0.1, 0.15) is 46.0 Å². The van der Waals surface area contributed by atoms with Crippen LogP contribution in [0.15, 0.2) is 0 Å². The molecule has 0 saturated carbocycles. The van der Waals surface area contributed by atoms with Gasteiger partial charge in [0.1, 0.15) is 0 Å². The average molecular weight is 199 g/mol. The van der Waals surface area contributed by atoms with E-state index in [9.17, 15) is 0 Å². The van der Waals surface area contributed by atoms with Gasteiger partial charge in [-0.1, -0.05) is 13.8 Å². The standard InChI is InChI=1S/C12H25NO/c1-3-8-13-12(4-2)6-5-11-7-9-14-10-11/h11-13H,3-10H2,1-2H3. The van der Waals surface area contributed by atoms with Crippen molar-refractivity contribution in [2.24, 2.45) is 5.92 Å². The maximum Gasteiger partial charge on any atom is 0.0495 e. The largest absolute Gasteiger partial charge is 0.381 e. The molecule has 1 rings (SSSR count). The van der Waals surface area contributed by atoms with Gasteiger partial charge in [0.25, 0.3) is 0 Å². The summed E-state index contributed by atoms with van der Waals surface area (Å²) in [4.78, 5) is 0. The van der Waals surface area contributed by atoms with Gasteiger partial charge in [-0.25, -0.2) is 0 Å². The predicted molar refractivity (Wildman–Crippen MR) is 60.5 cm³/mol. The van der Waals surface area contributed by atoms with Crippen LogP contribution >= 0.6 is 0 Å². The second kappa shape index (κ2) is 7.24. The van der Waals surface area contributed by atoms with Gasteiger partial charge in [-0.2, -0.15) is 0 Å². The maximum absolute atomic E-state index is 5.38. The molecule has 0 spiro atoms. The Bertz CT molecular complexity index is 132. The van der Waals surface area contributed by atoms with Crippen LogP contribution in [0.4, 0.5) is 0 Å². The van der Waals surface area contributed by atoms with Crippen molar-refractivity contribution in [1.29, 1.82) is 0 Å². The van der Waals surface area contributed by atoms with Crippen molar-refractivity contribution in [3.63, 3.8) is 0 Å². The van der Waals surface area contributed by atoms with Crippen LogP contribution in [0.3, 0.4) is 0 Å². The molecule has 0 radical (unpaired) electrons. The van der Waals surface area contributed by atoms with Gasteiger partial charge in [-0.05, 0) is 44.6 Å². The van der Waals surface area contributed by atoms with E-state index in [2.05, 4.69) is 19.2 Å². The molecular weight excluding hydrogens is 174 g/mol. The summed E-state index contributed by atoms with van der Waals surface area (Å²) in [5, 5.41) is 3.60. The van der Waals surface area contributed by atoms with Crippen molar-refractivity contribution < 1.29 is 4.74 Å². The van der Waals surface area contributed by atoms with E-state index in [-0.39, 0.29) is 0 Å². The summed E-state index contributed by atoms with van der Waals surface area (Å²) in [6.07, 6.45) is 6.45.